The fourth-order valence-electron chi connectivity index (χ4n) is 1.31. The maximum Gasteiger partial charge on any atom is 0.224 e. The quantitative estimate of drug-likeness (QED) is 0.708. The Morgan fingerprint density at radius 2 is 2.08 bits per heavy atom. The van der Waals surface area contributed by atoms with Crippen LogP contribution in [-0.4, -0.2) is 29.9 Å². The number of carbonyl (C=O) groups excluding carboxylic acids is 1. The normalized spacial score (nSPS) is 17.2. The first-order valence-corrected chi connectivity index (χ1v) is 4.91. The van der Waals surface area contributed by atoms with E-state index in [2.05, 4.69) is 0 Å². The fraction of sp³-hybridized carbons (Fsp3) is 0.900. The van der Waals surface area contributed by atoms with Gasteiger partial charge in [-0.15, -0.1) is 0 Å². The number of hydrogen-bond donors (Lipinski definition) is 1. The van der Waals surface area contributed by atoms with E-state index in [1.807, 2.05) is 25.8 Å². The van der Waals surface area contributed by atoms with E-state index in [4.69, 9.17) is 5.73 Å². The van der Waals surface area contributed by atoms with Gasteiger partial charge in [-0.05, 0) is 32.6 Å². The molecule has 1 rings (SSSR count). The van der Waals surface area contributed by atoms with Crippen molar-refractivity contribution in [2.24, 2.45) is 11.7 Å². The van der Waals surface area contributed by atoms with Crippen LogP contribution >= 0.6 is 0 Å². The van der Waals surface area contributed by atoms with Crippen LogP contribution in [0, 0.1) is 5.92 Å². The lowest BCUT2D eigenvalue weighted by Crippen LogP contribution is -2.40. The monoisotopic (exact) mass is 184 g/mol. The molecule has 0 bridgehead atoms. The number of nitrogens with zero attached hydrogens (tertiary/aromatic N) is 1. The van der Waals surface area contributed by atoms with Gasteiger partial charge in [0.15, 0.2) is 0 Å². The van der Waals surface area contributed by atoms with E-state index in [0.717, 1.165) is 12.5 Å². The summed E-state index contributed by atoms with van der Waals surface area (Å²) in [6.45, 7) is 4.68. The van der Waals surface area contributed by atoms with Crippen LogP contribution in [0.2, 0.25) is 0 Å². The summed E-state index contributed by atoms with van der Waals surface area (Å²) in [7, 11) is 1.87. The summed E-state index contributed by atoms with van der Waals surface area (Å²) in [6.07, 6.45) is 3.00. The molecule has 3 heteroatoms. The molecular weight excluding hydrogens is 164 g/mol. The van der Waals surface area contributed by atoms with Gasteiger partial charge in [0.2, 0.25) is 5.91 Å². The molecule has 1 amide bonds. The summed E-state index contributed by atoms with van der Waals surface area (Å²) in [5, 5.41) is 0. The maximum atomic E-state index is 11.6. The Morgan fingerprint density at radius 3 is 2.46 bits per heavy atom. The molecule has 1 aliphatic carbocycles. The van der Waals surface area contributed by atoms with Gasteiger partial charge in [0, 0.05) is 25.6 Å². The van der Waals surface area contributed by atoms with E-state index in [0.29, 0.717) is 6.42 Å². The molecule has 3 nitrogen and oxygen atoms in total. The average molecular weight is 184 g/mol. The van der Waals surface area contributed by atoms with Gasteiger partial charge in [-0.2, -0.15) is 0 Å². The first-order chi connectivity index (χ1) is 5.88. The summed E-state index contributed by atoms with van der Waals surface area (Å²) >= 11 is 0. The second-order valence-corrected chi connectivity index (χ2v) is 4.88. The summed E-state index contributed by atoms with van der Waals surface area (Å²) in [5.74, 6) is 0.925. The Labute approximate surface area is 80.3 Å². The average Bonchev–Trinajstić information content (AvgIpc) is 2.67. The lowest BCUT2D eigenvalue weighted by atomic mass is 10.0. The van der Waals surface area contributed by atoms with Gasteiger partial charge in [0.25, 0.3) is 0 Å². The first kappa shape index (κ1) is 10.5. The van der Waals surface area contributed by atoms with Crippen LogP contribution < -0.4 is 5.73 Å². The van der Waals surface area contributed by atoms with Crippen LogP contribution in [-0.2, 0) is 4.79 Å². The van der Waals surface area contributed by atoms with Crippen LogP contribution in [0.15, 0.2) is 0 Å². The minimum absolute atomic E-state index is 0.166. The summed E-state index contributed by atoms with van der Waals surface area (Å²) in [4.78, 5) is 13.4. The van der Waals surface area contributed by atoms with E-state index in [-0.39, 0.29) is 11.4 Å². The molecule has 0 atom stereocenters. The Bertz CT molecular complexity index is 192. The van der Waals surface area contributed by atoms with Crippen molar-refractivity contribution in [3.05, 3.63) is 0 Å². The maximum absolute atomic E-state index is 11.6. The molecule has 2 N–H and O–H groups in total. The van der Waals surface area contributed by atoms with Crippen LogP contribution in [0.3, 0.4) is 0 Å². The number of hydrogen-bond acceptors (Lipinski definition) is 2. The Morgan fingerprint density at radius 1 is 1.54 bits per heavy atom. The van der Waals surface area contributed by atoms with Crippen molar-refractivity contribution >= 4 is 5.91 Å². The summed E-state index contributed by atoms with van der Waals surface area (Å²) in [5.41, 5.74) is 5.39. The molecule has 76 valence electrons. The Balaban J connectivity index is 2.28. The molecule has 0 heterocycles. The highest BCUT2D eigenvalue weighted by molar-refractivity contribution is 5.77. The van der Waals surface area contributed by atoms with Gasteiger partial charge in [0.1, 0.15) is 0 Å². The topological polar surface area (TPSA) is 46.3 Å². The molecule has 13 heavy (non-hydrogen) atoms. The summed E-state index contributed by atoms with van der Waals surface area (Å²) < 4.78 is 0. The number of rotatable bonds is 4. The standard InChI is InChI=1S/C10H20N2O/c1-10(2,11)6-9(13)12(3)7-8-4-5-8/h8H,4-7,11H2,1-3H3. The van der Waals surface area contributed by atoms with E-state index in [1.54, 1.807) is 0 Å². The lowest BCUT2D eigenvalue weighted by molar-refractivity contribution is -0.131. The van der Waals surface area contributed by atoms with Gasteiger partial charge in [-0.1, -0.05) is 0 Å². The second-order valence-electron chi connectivity index (χ2n) is 4.88. The molecule has 1 fully saturated rings. The largest absolute Gasteiger partial charge is 0.345 e. The van der Waals surface area contributed by atoms with Crippen molar-refractivity contribution in [1.29, 1.82) is 0 Å². The molecule has 0 aromatic heterocycles. The molecule has 0 aromatic carbocycles. The fourth-order valence-corrected chi connectivity index (χ4v) is 1.31. The first-order valence-electron chi connectivity index (χ1n) is 4.91. The highest BCUT2D eigenvalue weighted by Crippen LogP contribution is 2.29. The third-order valence-corrected chi connectivity index (χ3v) is 2.26. The van der Waals surface area contributed by atoms with Crippen LogP contribution in [0.5, 0.6) is 0 Å². The summed E-state index contributed by atoms with van der Waals surface area (Å²) in [6, 6.07) is 0. The van der Waals surface area contributed by atoms with Crippen LogP contribution in [0.1, 0.15) is 33.1 Å². The molecule has 0 unspecified atom stereocenters. The molecule has 1 saturated carbocycles. The highest BCUT2D eigenvalue weighted by atomic mass is 16.2. The van der Waals surface area contributed by atoms with E-state index in [9.17, 15) is 4.79 Å². The highest BCUT2D eigenvalue weighted by Gasteiger charge is 2.26. The van der Waals surface area contributed by atoms with E-state index < -0.39 is 0 Å². The number of nitrogens with two attached hydrogens (primary N) is 1. The van der Waals surface area contributed by atoms with E-state index in [1.165, 1.54) is 12.8 Å². The molecule has 0 aliphatic heterocycles. The van der Waals surface area contributed by atoms with Gasteiger partial charge in [-0.25, -0.2) is 0 Å². The van der Waals surface area contributed by atoms with Crippen molar-refractivity contribution in [2.75, 3.05) is 13.6 Å². The van der Waals surface area contributed by atoms with Crippen molar-refractivity contribution < 1.29 is 4.79 Å². The van der Waals surface area contributed by atoms with Crippen molar-refractivity contribution in [3.63, 3.8) is 0 Å². The molecule has 0 aromatic rings. The zero-order valence-electron chi connectivity index (χ0n) is 8.84. The zero-order chi connectivity index (χ0) is 10.1. The molecule has 1 aliphatic rings. The van der Waals surface area contributed by atoms with Gasteiger partial charge >= 0.3 is 0 Å². The van der Waals surface area contributed by atoms with E-state index >= 15 is 0 Å². The molecule has 0 radical (unpaired) electrons. The van der Waals surface area contributed by atoms with Gasteiger partial charge in [0.05, 0.1) is 0 Å². The minimum Gasteiger partial charge on any atom is -0.345 e. The SMILES string of the molecule is CN(CC1CC1)C(=O)CC(C)(C)N. The number of carbonyl (C=O) groups is 1. The second kappa shape index (κ2) is 3.66. The number of amides is 1. The Kier molecular flexibility index (Phi) is 2.96. The smallest absolute Gasteiger partial charge is 0.224 e. The van der Waals surface area contributed by atoms with Gasteiger partial charge < -0.3 is 10.6 Å². The minimum atomic E-state index is -0.380. The van der Waals surface area contributed by atoms with Crippen molar-refractivity contribution in [2.45, 2.75) is 38.6 Å². The van der Waals surface area contributed by atoms with Crippen molar-refractivity contribution in [3.8, 4) is 0 Å². The van der Waals surface area contributed by atoms with Crippen LogP contribution in [0.25, 0.3) is 0 Å². The Hall–Kier alpha value is -0.570. The predicted molar refractivity (Wildman–Crippen MR) is 53.2 cm³/mol. The van der Waals surface area contributed by atoms with Crippen LogP contribution in [0.4, 0.5) is 0 Å². The third kappa shape index (κ3) is 4.27. The third-order valence-electron chi connectivity index (χ3n) is 2.26. The predicted octanol–water partition coefficient (Wildman–Crippen LogP) is 0.982. The molecular formula is C10H20N2O. The van der Waals surface area contributed by atoms with Crippen molar-refractivity contribution in [1.82, 2.24) is 4.90 Å². The molecule has 0 saturated heterocycles. The lowest BCUT2D eigenvalue weighted by Gasteiger charge is -2.23. The van der Waals surface area contributed by atoms with Gasteiger partial charge in [-0.3, -0.25) is 4.79 Å². The molecule has 0 spiro atoms. The zero-order valence-corrected chi connectivity index (χ0v) is 8.84.